The second-order valence-electron chi connectivity index (χ2n) is 16.3. The van der Waals surface area contributed by atoms with Crippen molar-refractivity contribution >= 4 is 23.9 Å². The normalized spacial score (nSPS) is 13.1. The van der Waals surface area contributed by atoms with Gasteiger partial charge in [0.2, 0.25) is 11.8 Å². The molecule has 1 aliphatic rings. The number of urea groups is 1. The Morgan fingerprint density at radius 2 is 1.52 bits per heavy atom. The van der Waals surface area contributed by atoms with Gasteiger partial charge in [-0.15, -0.1) is 0 Å². The number of hydrogen-bond acceptors (Lipinski definition) is 7. The lowest BCUT2D eigenvalue weighted by Crippen LogP contribution is -2.48. The third kappa shape index (κ3) is 11.0. The quantitative estimate of drug-likeness (QED) is 0.0613. The van der Waals surface area contributed by atoms with Gasteiger partial charge in [0.25, 0.3) is 0 Å². The number of halogens is 2. The minimum Gasteiger partial charge on any atom is -0.449 e. The second kappa shape index (κ2) is 20.3. The molecule has 13 nitrogen and oxygen atoms in total. The van der Waals surface area contributed by atoms with Crippen LogP contribution in [-0.2, 0) is 20.9 Å². The summed E-state index contributed by atoms with van der Waals surface area (Å²) in [7, 11) is 0. The zero-order chi connectivity index (χ0) is 44.4. The van der Waals surface area contributed by atoms with E-state index in [-0.39, 0.29) is 56.3 Å². The van der Waals surface area contributed by atoms with E-state index in [0.717, 1.165) is 46.0 Å². The number of nitrogens with two attached hydrogens (primary N) is 1. The summed E-state index contributed by atoms with van der Waals surface area (Å²) < 4.78 is 37.0. The standard InChI is InChI=1S/C47H53F2N7O6/c1-47(2,3)42(43-53-40(36-25-31(48)20-21-38(36)49)27-55(43)26-30-13-5-4-6-14-30)56(41(58)28-57)24-12-23-51-44(59)39(19-11-22-52-45(50)60)54-46(61)62-29-37-34-17-9-7-15-32(34)33-16-8-10-18-35(33)37/h4-10,13-18,20-21,25,27,37,39,42,57H,11-12,19,22-24,26,28-29H2,1-3H3,(H,51,59)(H,54,61)(H3,50,52,60). The van der Waals surface area contributed by atoms with Gasteiger partial charge in [-0.05, 0) is 70.7 Å². The first-order valence-electron chi connectivity index (χ1n) is 20.6. The molecular weight excluding hydrogens is 797 g/mol. The second-order valence-corrected chi connectivity index (χ2v) is 16.3. The Balaban J connectivity index is 1.16. The predicted molar refractivity (Wildman–Crippen MR) is 231 cm³/mol. The van der Waals surface area contributed by atoms with Gasteiger partial charge < -0.3 is 41.0 Å². The molecule has 6 N–H and O–H groups in total. The number of carbonyl (C=O) groups excluding carboxylic acids is 4. The van der Waals surface area contributed by atoms with Crippen molar-refractivity contribution in [3.63, 3.8) is 0 Å². The Morgan fingerprint density at radius 1 is 0.871 bits per heavy atom. The monoisotopic (exact) mass is 849 g/mol. The summed E-state index contributed by atoms with van der Waals surface area (Å²) in [6, 6.07) is 26.0. The molecule has 5 amide bonds. The molecule has 1 aliphatic carbocycles. The van der Waals surface area contributed by atoms with Gasteiger partial charge in [-0.2, -0.15) is 0 Å². The number of nitrogens with zero attached hydrogens (tertiary/aromatic N) is 3. The number of aliphatic hydroxyl groups is 1. The molecule has 1 heterocycles. The average molecular weight is 850 g/mol. The van der Waals surface area contributed by atoms with Crippen LogP contribution in [0.5, 0.6) is 0 Å². The number of carbonyl (C=O) groups is 4. The van der Waals surface area contributed by atoms with Crippen molar-refractivity contribution in [1.82, 2.24) is 30.4 Å². The molecule has 0 aliphatic heterocycles. The number of benzene rings is 4. The molecule has 62 heavy (non-hydrogen) atoms. The maximum absolute atomic E-state index is 15.1. The van der Waals surface area contributed by atoms with Gasteiger partial charge in [-0.3, -0.25) is 9.59 Å². The number of aromatic nitrogens is 2. The molecule has 0 spiro atoms. The molecule has 0 radical (unpaired) electrons. The van der Waals surface area contributed by atoms with Gasteiger partial charge in [-0.25, -0.2) is 23.4 Å². The minimum absolute atomic E-state index is 0.0416. The summed E-state index contributed by atoms with van der Waals surface area (Å²) in [5, 5.41) is 18.2. The van der Waals surface area contributed by atoms with E-state index in [1.54, 1.807) is 10.8 Å². The number of amides is 5. The summed E-state index contributed by atoms with van der Waals surface area (Å²) in [6.45, 7) is 5.58. The fourth-order valence-electron chi connectivity index (χ4n) is 8.01. The van der Waals surface area contributed by atoms with Crippen LogP contribution in [0, 0.1) is 17.0 Å². The summed E-state index contributed by atoms with van der Waals surface area (Å²) >= 11 is 0. The van der Waals surface area contributed by atoms with Crippen LogP contribution in [0.4, 0.5) is 18.4 Å². The van der Waals surface area contributed by atoms with Crippen molar-refractivity contribution in [2.45, 2.75) is 64.6 Å². The van der Waals surface area contributed by atoms with Gasteiger partial charge in [0.15, 0.2) is 0 Å². The van der Waals surface area contributed by atoms with Crippen LogP contribution in [0.2, 0.25) is 0 Å². The zero-order valence-corrected chi connectivity index (χ0v) is 35.1. The maximum Gasteiger partial charge on any atom is 0.407 e. The summed E-state index contributed by atoms with van der Waals surface area (Å²) in [5.41, 5.74) is 9.79. The number of nitrogens with one attached hydrogen (secondary N) is 3. The van der Waals surface area contributed by atoms with Gasteiger partial charge in [-0.1, -0.05) is 99.6 Å². The van der Waals surface area contributed by atoms with Crippen molar-refractivity contribution in [3.8, 4) is 22.4 Å². The number of alkyl carbamates (subject to hydrolysis) is 1. The molecule has 0 bridgehead atoms. The van der Waals surface area contributed by atoms with E-state index in [9.17, 15) is 28.7 Å². The Bertz CT molecular complexity index is 2320. The highest BCUT2D eigenvalue weighted by molar-refractivity contribution is 5.86. The van der Waals surface area contributed by atoms with Crippen LogP contribution in [0.1, 0.15) is 74.5 Å². The number of primary amides is 1. The van der Waals surface area contributed by atoms with Crippen molar-refractivity contribution in [2.75, 3.05) is 32.8 Å². The molecule has 0 fully saturated rings. The van der Waals surface area contributed by atoms with Crippen LogP contribution in [0.25, 0.3) is 22.4 Å². The van der Waals surface area contributed by atoms with Gasteiger partial charge in [0, 0.05) is 43.9 Å². The first-order chi connectivity index (χ1) is 29.7. The van der Waals surface area contributed by atoms with E-state index in [2.05, 4.69) is 16.0 Å². The van der Waals surface area contributed by atoms with Crippen molar-refractivity contribution < 1.29 is 37.8 Å². The minimum atomic E-state index is -1.04. The summed E-state index contributed by atoms with van der Waals surface area (Å²) in [4.78, 5) is 58.1. The molecule has 15 heteroatoms. The van der Waals surface area contributed by atoms with Gasteiger partial charge in [0.05, 0.1) is 11.7 Å². The molecule has 2 atom stereocenters. The lowest BCUT2D eigenvalue weighted by atomic mass is 9.84. The number of imidazole rings is 1. The van der Waals surface area contributed by atoms with Crippen molar-refractivity contribution in [1.29, 1.82) is 0 Å². The van der Waals surface area contributed by atoms with Crippen molar-refractivity contribution in [2.24, 2.45) is 11.1 Å². The average Bonchev–Trinajstić information content (AvgIpc) is 3.80. The first-order valence-corrected chi connectivity index (χ1v) is 20.6. The smallest absolute Gasteiger partial charge is 0.407 e. The lowest BCUT2D eigenvalue weighted by molar-refractivity contribution is -0.139. The molecule has 6 rings (SSSR count). The zero-order valence-electron chi connectivity index (χ0n) is 35.1. The van der Waals surface area contributed by atoms with Crippen LogP contribution in [-0.4, -0.2) is 82.4 Å². The molecule has 4 aromatic carbocycles. The van der Waals surface area contributed by atoms with E-state index in [4.69, 9.17) is 15.5 Å². The number of ether oxygens (including phenoxy) is 1. The molecular formula is C47H53F2N7O6. The highest BCUT2D eigenvalue weighted by Gasteiger charge is 2.38. The number of hydrogen-bond donors (Lipinski definition) is 5. The van der Waals surface area contributed by atoms with Crippen molar-refractivity contribution in [3.05, 3.63) is 137 Å². The lowest BCUT2D eigenvalue weighted by Gasteiger charge is -2.40. The summed E-state index contributed by atoms with van der Waals surface area (Å²) in [5.74, 6) is -2.20. The Kier molecular flexibility index (Phi) is 14.7. The predicted octanol–water partition coefficient (Wildman–Crippen LogP) is 6.65. The molecule has 5 aromatic rings. The third-order valence-electron chi connectivity index (χ3n) is 10.8. The van der Waals surface area contributed by atoms with E-state index in [1.165, 1.54) is 4.90 Å². The van der Waals surface area contributed by atoms with E-state index < -0.39 is 59.7 Å². The molecule has 0 saturated carbocycles. The number of aliphatic hydroxyl groups excluding tert-OH is 1. The van der Waals surface area contributed by atoms with E-state index >= 15 is 4.39 Å². The van der Waals surface area contributed by atoms with Crippen LogP contribution in [0.3, 0.4) is 0 Å². The number of fused-ring (bicyclic) bond motifs is 3. The topological polar surface area (TPSA) is 181 Å². The largest absolute Gasteiger partial charge is 0.449 e. The highest BCUT2D eigenvalue weighted by Crippen LogP contribution is 2.44. The maximum atomic E-state index is 15.1. The first kappa shape index (κ1) is 44.9. The molecule has 2 unspecified atom stereocenters. The highest BCUT2D eigenvalue weighted by atomic mass is 19.1. The molecule has 1 aromatic heterocycles. The fourth-order valence-corrected chi connectivity index (χ4v) is 8.01. The van der Waals surface area contributed by atoms with Gasteiger partial charge >= 0.3 is 12.1 Å². The van der Waals surface area contributed by atoms with E-state index in [0.29, 0.717) is 18.8 Å². The Morgan fingerprint density at radius 3 is 2.16 bits per heavy atom. The fraction of sp³-hybridized carbons (Fsp3) is 0.340. The van der Waals surface area contributed by atoms with E-state index in [1.807, 2.05) is 99.6 Å². The SMILES string of the molecule is CC(C)(C)C(c1nc(-c2cc(F)ccc2F)cn1Cc1ccccc1)N(CCCNC(=O)C(CCCNC(N)=O)NC(=O)OCC1c2ccccc2-c2ccccc21)C(=O)CO. The Hall–Kier alpha value is -6.61. The van der Waals surface area contributed by atoms with Gasteiger partial charge in [0.1, 0.15) is 36.7 Å². The Labute approximate surface area is 359 Å². The van der Waals surface area contributed by atoms with Crippen LogP contribution >= 0.6 is 0 Å². The number of rotatable bonds is 18. The summed E-state index contributed by atoms with van der Waals surface area (Å²) in [6.07, 6.45) is 1.54. The molecule has 0 saturated heterocycles. The molecule has 326 valence electrons. The van der Waals surface area contributed by atoms with Crippen LogP contribution < -0.4 is 21.7 Å². The third-order valence-corrected chi connectivity index (χ3v) is 10.8. The van der Waals surface area contributed by atoms with Crippen LogP contribution in [0.15, 0.2) is 103 Å².